The van der Waals surface area contributed by atoms with Crippen molar-refractivity contribution in [2.45, 2.75) is 54.4 Å². The van der Waals surface area contributed by atoms with Crippen LogP contribution < -0.4 is 28.1 Å². The monoisotopic (exact) mass is 516 g/mol. The third-order valence-electron chi connectivity index (χ3n) is 6.31. The molecule has 30 heavy (non-hydrogen) atoms. The normalized spacial score (nSPS) is 16.2. The van der Waals surface area contributed by atoms with Crippen LogP contribution in [0.2, 0.25) is 0 Å². The van der Waals surface area contributed by atoms with Gasteiger partial charge < -0.3 is 24.8 Å². The minimum absolute atomic E-state index is 0. The zero-order valence-electron chi connectivity index (χ0n) is 18.9. The zero-order chi connectivity index (χ0) is 20.1. The molecule has 0 fully saturated rings. The van der Waals surface area contributed by atoms with E-state index in [2.05, 4.69) is 96.2 Å². The van der Waals surface area contributed by atoms with Crippen molar-refractivity contribution in [3.8, 4) is 11.1 Å². The van der Waals surface area contributed by atoms with Crippen molar-refractivity contribution in [1.29, 1.82) is 0 Å². The number of halogens is 2. The van der Waals surface area contributed by atoms with Crippen molar-refractivity contribution in [3.63, 3.8) is 0 Å². The van der Waals surface area contributed by atoms with Gasteiger partial charge in [-0.1, -0.05) is 0 Å². The SMILES string of the molecule is CCC1C=C(C(C)(C)C)C=[C]1[Zr+2](=[C](C)C)[c]1cccc2c1Cc1ccccc1-2.[Cl-].[Cl-]. The fourth-order valence-corrected chi connectivity index (χ4v) is 12.6. The van der Waals surface area contributed by atoms with Crippen LogP contribution in [0, 0.1) is 11.3 Å². The zero-order valence-corrected chi connectivity index (χ0v) is 22.9. The van der Waals surface area contributed by atoms with Crippen molar-refractivity contribution in [2.75, 3.05) is 0 Å². The third kappa shape index (κ3) is 4.55. The Balaban J connectivity index is 0.00000160. The van der Waals surface area contributed by atoms with Gasteiger partial charge >= 0.3 is 179 Å². The molecule has 2 aliphatic carbocycles. The summed E-state index contributed by atoms with van der Waals surface area (Å²) in [6, 6.07) is 16.1. The Kier molecular flexibility index (Phi) is 8.34. The fraction of sp³-hybridized carbons (Fsp3) is 0.370. The number of fused-ring (bicyclic) bond motifs is 3. The van der Waals surface area contributed by atoms with E-state index in [0.717, 1.165) is 6.42 Å². The summed E-state index contributed by atoms with van der Waals surface area (Å²) < 4.78 is 5.20. The second kappa shape index (κ2) is 9.81. The summed E-state index contributed by atoms with van der Waals surface area (Å²) >= 11 is -2.09. The number of hydrogen-bond acceptors (Lipinski definition) is 0. The maximum atomic E-state index is 2.61. The maximum absolute atomic E-state index is 2.61. The molecule has 0 bridgehead atoms. The molecule has 0 radical (unpaired) electrons. The molecule has 4 rings (SSSR count). The number of benzene rings is 2. The summed E-state index contributed by atoms with van der Waals surface area (Å²) in [5.74, 6) is 0.637. The van der Waals surface area contributed by atoms with Crippen LogP contribution in [0.1, 0.15) is 59.1 Å². The molecule has 1 unspecified atom stereocenters. The summed E-state index contributed by atoms with van der Waals surface area (Å²) in [5.41, 5.74) is 7.85. The molecule has 2 aromatic carbocycles. The van der Waals surface area contributed by atoms with Crippen LogP contribution in [0.15, 0.2) is 63.5 Å². The average molecular weight is 519 g/mol. The van der Waals surface area contributed by atoms with E-state index in [1.807, 2.05) is 0 Å². The van der Waals surface area contributed by atoms with Gasteiger partial charge in [-0.15, -0.1) is 0 Å². The number of hydrogen-bond donors (Lipinski definition) is 0. The van der Waals surface area contributed by atoms with Crippen LogP contribution in [0.4, 0.5) is 0 Å². The Hall–Kier alpha value is -0.747. The number of rotatable bonds is 3. The first-order valence-electron chi connectivity index (χ1n) is 10.6. The molecule has 158 valence electrons. The smallest absolute Gasteiger partial charge is 1.00 e. The first-order chi connectivity index (χ1) is 13.3. The first kappa shape index (κ1) is 25.5. The molecule has 2 aliphatic rings. The van der Waals surface area contributed by atoms with Crippen LogP contribution in [-0.4, -0.2) is 3.21 Å². The standard InChI is InChI=1S/C13H9.C11H17.C3H6.2ClH.Zr/c1-3-7-12-10(5-1)9-11-6-2-4-8-13(11)12;1-5-9-6-7-10(8-9)11(2,3)4;1-3-2;;;/h1-5,7-8H,9H2;7-9H,5H2,1-4H3;1-2H3;2*1H;/q;;;;;+2/p-2. The minimum Gasteiger partial charge on any atom is -1.00 e. The van der Waals surface area contributed by atoms with Crippen molar-refractivity contribution in [3.05, 3.63) is 74.6 Å². The largest absolute Gasteiger partial charge is 1.00 e. The van der Waals surface area contributed by atoms with E-state index >= 15 is 0 Å². The van der Waals surface area contributed by atoms with E-state index in [9.17, 15) is 0 Å². The van der Waals surface area contributed by atoms with Crippen LogP contribution in [0.25, 0.3) is 11.1 Å². The van der Waals surface area contributed by atoms with Gasteiger partial charge in [-0.05, 0) is 0 Å². The van der Waals surface area contributed by atoms with Crippen molar-refractivity contribution in [1.82, 2.24) is 0 Å². The summed E-state index contributed by atoms with van der Waals surface area (Å²) in [7, 11) is 0. The van der Waals surface area contributed by atoms with Crippen LogP contribution in [0.5, 0.6) is 0 Å². The molecular weight excluding hydrogens is 486 g/mol. The van der Waals surface area contributed by atoms with E-state index in [1.54, 1.807) is 20.9 Å². The summed E-state index contributed by atoms with van der Waals surface area (Å²) in [6.45, 7) is 14.2. The second-order valence-electron chi connectivity index (χ2n) is 9.53. The van der Waals surface area contributed by atoms with Crippen LogP contribution >= 0.6 is 0 Å². The Labute approximate surface area is 202 Å². The van der Waals surface area contributed by atoms with Crippen molar-refractivity contribution >= 4 is 6.48 Å². The minimum atomic E-state index is -2.09. The van der Waals surface area contributed by atoms with E-state index in [0.29, 0.717) is 5.92 Å². The van der Waals surface area contributed by atoms with Gasteiger partial charge in [0.1, 0.15) is 0 Å². The van der Waals surface area contributed by atoms with E-state index < -0.39 is 21.3 Å². The molecule has 0 aliphatic heterocycles. The molecule has 0 amide bonds. The van der Waals surface area contributed by atoms with Crippen LogP contribution in [-0.2, 0) is 27.7 Å². The predicted octanol–water partition coefficient (Wildman–Crippen LogP) is 0.618. The molecule has 0 heterocycles. The molecule has 0 saturated carbocycles. The van der Waals surface area contributed by atoms with E-state index in [1.165, 1.54) is 23.1 Å². The molecule has 0 nitrogen and oxygen atoms in total. The molecule has 2 aromatic rings. The topological polar surface area (TPSA) is 0 Å². The third-order valence-corrected chi connectivity index (χ3v) is 13.9. The second-order valence-corrected chi connectivity index (χ2v) is 16.6. The van der Waals surface area contributed by atoms with Gasteiger partial charge in [0.05, 0.1) is 0 Å². The molecule has 0 N–H and O–H groups in total. The number of allylic oxidation sites excluding steroid dienone is 4. The Morgan fingerprint density at radius 1 is 0.967 bits per heavy atom. The predicted molar refractivity (Wildman–Crippen MR) is 120 cm³/mol. The van der Waals surface area contributed by atoms with Gasteiger partial charge in [0.25, 0.3) is 0 Å². The Morgan fingerprint density at radius 2 is 1.63 bits per heavy atom. The maximum Gasteiger partial charge on any atom is -1.00 e. The fourth-order valence-electron chi connectivity index (χ4n) is 4.80. The quantitative estimate of drug-likeness (QED) is 0.477. The first-order valence-corrected chi connectivity index (χ1v) is 14.3. The molecule has 0 spiro atoms. The van der Waals surface area contributed by atoms with Gasteiger partial charge in [0, 0.05) is 0 Å². The summed E-state index contributed by atoms with van der Waals surface area (Å²) in [5, 5.41) is 0. The summed E-state index contributed by atoms with van der Waals surface area (Å²) in [6.07, 6.45) is 7.52. The Bertz CT molecular complexity index is 1030. The molecule has 0 aromatic heterocycles. The van der Waals surface area contributed by atoms with Gasteiger partial charge in [-0.3, -0.25) is 0 Å². The molecule has 0 saturated heterocycles. The Morgan fingerprint density at radius 3 is 2.27 bits per heavy atom. The molecular formula is C27H32Cl2Zr. The van der Waals surface area contributed by atoms with Crippen LogP contribution in [0.3, 0.4) is 0 Å². The van der Waals surface area contributed by atoms with Gasteiger partial charge in [-0.25, -0.2) is 0 Å². The molecule has 3 heteroatoms. The average Bonchev–Trinajstić information content (AvgIpc) is 3.23. The van der Waals surface area contributed by atoms with Gasteiger partial charge in [0.2, 0.25) is 0 Å². The molecule has 1 atom stereocenters. The van der Waals surface area contributed by atoms with E-state index in [-0.39, 0.29) is 30.2 Å². The van der Waals surface area contributed by atoms with E-state index in [4.69, 9.17) is 0 Å². The summed E-state index contributed by atoms with van der Waals surface area (Å²) in [4.78, 5) is 0. The van der Waals surface area contributed by atoms with Crippen molar-refractivity contribution in [2.24, 2.45) is 11.3 Å². The van der Waals surface area contributed by atoms with Gasteiger partial charge in [0.15, 0.2) is 0 Å². The van der Waals surface area contributed by atoms with Crippen molar-refractivity contribution < 1.29 is 46.1 Å². The van der Waals surface area contributed by atoms with Gasteiger partial charge in [-0.2, -0.15) is 0 Å².